The molecule has 0 radical (unpaired) electrons. The minimum atomic E-state index is 0.918. The number of thiophene rings is 2. The zero-order chi connectivity index (χ0) is 9.97. The second-order valence-corrected chi connectivity index (χ2v) is 4.48. The highest BCUT2D eigenvalue weighted by atomic mass is 32.1. The third-order valence-electron chi connectivity index (χ3n) is 1.81. The van der Waals surface area contributed by atoms with Crippen molar-refractivity contribution in [3.05, 3.63) is 34.0 Å². The number of hydrogen-bond donors (Lipinski definition) is 0. The average Bonchev–Trinajstić information content (AvgIpc) is 2.85. The van der Waals surface area contributed by atoms with Gasteiger partial charge in [0.15, 0.2) is 0 Å². The number of terminal acetylenes is 2. The summed E-state index contributed by atoms with van der Waals surface area (Å²) in [5.41, 5.74) is 1.86. The van der Waals surface area contributed by atoms with Crippen LogP contribution in [0.5, 0.6) is 0 Å². The monoisotopic (exact) mass is 214 g/mol. The van der Waals surface area contributed by atoms with Crippen molar-refractivity contribution in [2.45, 2.75) is 0 Å². The van der Waals surface area contributed by atoms with Crippen LogP contribution in [0.1, 0.15) is 11.1 Å². The molecular weight excluding hydrogens is 208 g/mol. The van der Waals surface area contributed by atoms with Gasteiger partial charge in [0, 0.05) is 21.4 Å². The molecule has 14 heavy (non-hydrogen) atoms. The van der Waals surface area contributed by atoms with E-state index in [9.17, 15) is 0 Å². The topological polar surface area (TPSA) is 0 Å². The Balaban J connectivity index is 2.51. The molecule has 0 spiro atoms. The van der Waals surface area contributed by atoms with Crippen LogP contribution < -0.4 is 0 Å². The molecule has 0 unspecified atom stereocenters. The third-order valence-corrected chi connectivity index (χ3v) is 3.84. The maximum absolute atomic E-state index is 5.39. The Morgan fingerprint density at radius 2 is 2.00 bits per heavy atom. The van der Waals surface area contributed by atoms with Crippen molar-refractivity contribution in [2.24, 2.45) is 0 Å². The van der Waals surface area contributed by atoms with Crippen molar-refractivity contribution >= 4 is 22.7 Å². The zero-order valence-electron chi connectivity index (χ0n) is 7.28. The summed E-state index contributed by atoms with van der Waals surface area (Å²) < 4.78 is 0. The van der Waals surface area contributed by atoms with Gasteiger partial charge in [-0.25, -0.2) is 0 Å². The standard InChI is InChI=1S/C12H6S2/c1-3-9-7-11(14-8-9)12-10(4-2)5-6-13-12/h1-2,5-8H. The summed E-state index contributed by atoms with van der Waals surface area (Å²) in [5.74, 6) is 5.28. The largest absolute Gasteiger partial charge is 0.142 e. The molecule has 0 aliphatic carbocycles. The van der Waals surface area contributed by atoms with Crippen LogP contribution in [0.15, 0.2) is 22.9 Å². The average molecular weight is 214 g/mol. The van der Waals surface area contributed by atoms with Gasteiger partial charge in [0.2, 0.25) is 0 Å². The Labute approximate surface area is 91.2 Å². The van der Waals surface area contributed by atoms with Gasteiger partial charge in [-0.2, -0.15) is 0 Å². The molecule has 0 aliphatic heterocycles. The summed E-state index contributed by atoms with van der Waals surface area (Å²) in [6.45, 7) is 0. The summed E-state index contributed by atoms with van der Waals surface area (Å²) >= 11 is 3.28. The van der Waals surface area contributed by atoms with E-state index in [1.165, 1.54) is 0 Å². The molecule has 0 bridgehead atoms. The van der Waals surface area contributed by atoms with Crippen LogP contribution in [-0.4, -0.2) is 0 Å². The van der Waals surface area contributed by atoms with Crippen molar-refractivity contribution in [1.82, 2.24) is 0 Å². The van der Waals surface area contributed by atoms with Gasteiger partial charge in [0.1, 0.15) is 0 Å². The maximum atomic E-state index is 5.39. The highest BCUT2D eigenvalue weighted by Crippen LogP contribution is 2.33. The molecule has 0 aromatic carbocycles. The SMILES string of the molecule is C#Cc1csc(-c2sccc2C#C)c1. The molecule has 0 saturated heterocycles. The molecule has 0 saturated carbocycles. The van der Waals surface area contributed by atoms with E-state index in [1.54, 1.807) is 22.7 Å². The normalized spacial score (nSPS) is 9.29. The lowest BCUT2D eigenvalue weighted by Gasteiger charge is -1.91. The molecule has 0 nitrogen and oxygen atoms in total. The first-order valence-corrected chi connectivity index (χ1v) is 5.70. The van der Waals surface area contributed by atoms with E-state index in [2.05, 4.69) is 11.8 Å². The quantitative estimate of drug-likeness (QED) is 0.638. The molecule has 0 amide bonds. The Kier molecular flexibility index (Phi) is 2.41. The maximum Gasteiger partial charge on any atom is 0.0599 e. The van der Waals surface area contributed by atoms with E-state index in [1.807, 2.05) is 22.9 Å². The second kappa shape index (κ2) is 3.72. The first kappa shape index (κ1) is 9.09. The Morgan fingerprint density at radius 1 is 1.14 bits per heavy atom. The van der Waals surface area contributed by atoms with Crippen LogP contribution in [0.4, 0.5) is 0 Å². The van der Waals surface area contributed by atoms with Crippen LogP contribution in [0.25, 0.3) is 9.75 Å². The van der Waals surface area contributed by atoms with E-state index in [0.29, 0.717) is 0 Å². The summed E-state index contributed by atoms with van der Waals surface area (Å²) in [5, 5.41) is 3.97. The molecule has 0 fully saturated rings. The Bertz CT molecular complexity index is 529. The number of rotatable bonds is 1. The lowest BCUT2D eigenvalue weighted by atomic mass is 10.2. The summed E-state index contributed by atoms with van der Waals surface area (Å²) in [6, 6.07) is 3.95. The van der Waals surface area contributed by atoms with Crippen molar-refractivity contribution in [3.63, 3.8) is 0 Å². The summed E-state index contributed by atoms with van der Waals surface area (Å²) in [4.78, 5) is 2.29. The van der Waals surface area contributed by atoms with Crippen molar-refractivity contribution < 1.29 is 0 Å². The van der Waals surface area contributed by atoms with Gasteiger partial charge in [-0.15, -0.1) is 35.5 Å². The first-order valence-electron chi connectivity index (χ1n) is 3.95. The first-order chi connectivity index (χ1) is 6.85. The molecule has 2 heterocycles. The van der Waals surface area contributed by atoms with Gasteiger partial charge >= 0.3 is 0 Å². The fraction of sp³-hybridized carbons (Fsp3) is 0. The molecule has 2 rings (SSSR count). The van der Waals surface area contributed by atoms with Crippen LogP contribution in [0, 0.1) is 24.7 Å². The molecular formula is C12H6S2. The van der Waals surface area contributed by atoms with Crippen molar-refractivity contribution in [2.75, 3.05) is 0 Å². The van der Waals surface area contributed by atoms with E-state index >= 15 is 0 Å². The van der Waals surface area contributed by atoms with Gasteiger partial charge in [0.25, 0.3) is 0 Å². The van der Waals surface area contributed by atoms with E-state index in [0.717, 1.165) is 20.9 Å². The van der Waals surface area contributed by atoms with Gasteiger partial charge in [-0.1, -0.05) is 11.8 Å². The minimum Gasteiger partial charge on any atom is -0.142 e. The van der Waals surface area contributed by atoms with Gasteiger partial charge < -0.3 is 0 Å². The third kappa shape index (κ3) is 1.46. The molecule has 0 N–H and O–H groups in total. The Morgan fingerprint density at radius 3 is 2.64 bits per heavy atom. The predicted octanol–water partition coefficient (Wildman–Crippen LogP) is 3.44. The van der Waals surface area contributed by atoms with E-state index < -0.39 is 0 Å². The molecule has 0 aliphatic rings. The van der Waals surface area contributed by atoms with Gasteiger partial charge in [-0.05, 0) is 17.5 Å². The molecule has 2 aromatic rings. The molecule has 2 heteroatoms. The predicted molar refractivity (Wildman–Crippen MR) is 63.5 cm³/mol. The van der Waals surface area contributed by atoms with E-state index in [-0.39, 0.29) is 0 Å². The fourth-order valence-corrected chi connectivity index (χ4v) is 3.00. The highest BCUT2D eigenvalue weighted by molar-refractivity contribution is 7.20. The Hall–Kier alpha value is -1.48. The van der Waals surface area contributed by atoms with Crippen molar-refractivity contribution in [3.8, 4) is 34.4 Å². The van der Waals surface area contributed by atoms with Gasteiger partial charge in [-0.3, -0.25) is 0 Å². The fourth-order valence-electron chi connectivity index (χ4n) is 1.14. The number of hydrogen-bond acceptors (Lipinski definition) is 2. The van der Waals surface area contributed by atoms with Crippen molar-refractivity contribution in [1.29, 1.82) is 0 Å². The molecule has 66 valence electrons. The van der Waals surface area contributed by atoms with Crippen LogP contribution in [0.3, 0.4) is 0 Å². The van der Waals surface area contributed by atoms with Gasteiger partial charge in [0.05, 0.1) is 4.88 Å². The summed E-state index contributed by atoms with van der Waals surface area (Å²) in [6.07, 6.45) is 10.7. The van der Waals surface area contributed by atoms with Crippen LogP contribution in [-0.2, 0) is 0 Å². The summed E-state index contributed by atoms with van der Waals surface area (Å²) in [7, 11) is 0. The minimum absolute atomic E-state index is 0.918. The molecule has 2 aromatic heterocycles. The van der Waals surface area contributed by atoms with Crippen LogP contribution in [0.2, 0.25) is 0 Å². The lowest BCUT2D eigenvalue weighted by Crippen LogP contribution is -1.70. The smallest absolute Gasteiger partial charge is 0.0599 e. The second-order valence-electron chi connectivity index (χ2n) is 2.65. The highest BCUT2D eigenvalue weighted by Gasteiger charge is 2.06. The van der Waals surface area contributed by atoms with Crippen LogP contribution >= 0.6 is 22.7 Å². The lowest BCUT2D eigenvalue weighted by molar-refractivity contribution is 1.81. The van der Waals surface area contributed by atoms with E-state index in [4.69, 9.17) is 12.8 Å². The zero-order valence-corrected chi connectivity index (χ0v) is 8.91. The molecule has 0 atom stereocenters.